The quantitative estimate of drug-likeness (QED) is 0.715. The maximum Gasteiger partial charge on any atom is 0.341 e. The zero-order valence-corrected chi connectivity index (χ0v) is 14.2. The first kappa shape index (κ1) is 16.7. The van der Waals surface area contributed by atoms with Gasteiger partial charge in [-0.05, 0) is 37.3 Å². The number of hydrogen-bond acceptors (Lipinski definition) is 5. The molecule has 1 aromatic heterocycles. The first-order valence-corrected chi connectivity index (χ1v) is 8.46. The highest BCUT2D eigenvalue weighted by molar-refractivity contribution is 7.23. The largest absolute Gasteiger partial charge is 0.462 e. The molecule has 0 bridgehead atoms. The zero-order chi connectivity index (χ0) is 17.8. The second-order valence-electron chi connectivity index (χ2n) is 5.17. The van der Waals surface area contributed by atoms with Gasteiger partial charge in [-0.25, -0.2) is 4.79 Å². The lowest BCUT2D eigenvalue weighted by atomic mass is 10.1. The van der Waals surface area contributed by atoms with Crippen LogP contribution in [0.4, 0.5) is 5.00 Å². The van der Waals surface area contributed by atoms with E-state index in [1.54, 1.807) is 31.2 Å². The van der Waals surface area contributed by atoms with Gasteiger partial charge < -0.3 is 10.1 Å². The Kier molecular flexibility index (Phi) is 4.78. The molecular weight excluding hydrogens is 336 g/mol. The monoisotopic (exact) mass is 350 g/mol. The number of nitriles is 1. The Morgan fingerprint density at radius 1 is 1.16 bits per heavy atom. The van der Waals surface area contributed by atoms with E-state index in [9.17, 15) is 9.59 Å². The maximum absolute atomic E-state index is 12.5. The molecule has 0 aliphatic heterocycles. The number of rotatable bonds is 4. The maximum atomic E-state index is 12.5. The molecule has 0 saturated carbocycles. The fraction of sp³-hybridized carbons (Fsp3) is 0.105. The Hall–Kier alpha value is -3.17. The van der Waals surface area contributed by atoms with Crippen LogP contribution in [0.1, 0.15) is 33.2 Å². The van der Waals surface area contributed by atoms with Crippen molar-refractivity contribution in [2.45, 2.75) is 6.92 Å². The molecule has 1 heterocycles. The molecule has 1 N–H and O–H groups in total. The Morgan fingerprint density at radius 2 is 1.88 bits per heavy atom. The van der Waals surface area contributed by atoms with Gasteiger partial charge in [-0.1, -0.05) is 18.2 Å². The zero-order valence-electron chi connectivity index (χ0n) is 13.4. The third kappa shape index (κ3) is 3.37. The summed E-state index contributed by atoms with van der Waals surface area (Å²) in [6.45, 7) is 1.99. The minimum absolute atomic E-state index is 0.256. The number of amides is 1. The Bertz CT molecular complexity index is 984. The van der Waals surface area contributed by atoms with Gasteiger partial charge in [0.2, 0.25) is 0 Å². The van der Waals surface area contributed by atoms with Crippen molar-refractivity contribution in [3.05, 3.63) is 65.2 Å². The lowest BCUT2D eigenvalue weighted by Gasteiger charge is -2.07. The fourth-order valence-electron chi connectivity index (χ4n) is 2.41. The highest BCUT2D eigenvalue weighted by Crippen LogP contribution is 2.36. The predicted octanol–water partition coefficient (Wildman–Crippen LogP) is 4.20. The number of esters is 1. The molecule has 0 unspecified atom stereocenters. The van der Waals surface area contributed by atoms with Crippen LogP contribution in [0.15, 0.2) is 48.5 Å². The molecular formula is C19H14N2O3S. The number of nitrogens with one attached hydrogen (secondary N) is 1. The third-order valence-corrected chi connectivity index (χ3v) is 4.66. The van der Waals surface area contributed by atoms with Crippen LogP contribution in [0.3, 0.4) is 0 Å². The van der Waals surface area contributed by atoms with E-state index in [1.807, 2.05) is 30.3 Å². The highest BCUT2D eigenvalue weighted by atomic mass is 32.1. The molecule has 0 saturated heterocycles. The number of anilines is 1. The SMILES string of the molecule is CCOC(=O)c1c(NC(=O)c2ccc(C#N)cc2)sc2ccccc12. The third-order valence-electron chi connectivity index (χ3n) is 3.58. The number of hydrogen-bond donors (Lipinski definition) is 1. The van der Waals surface area contributed by atoms with Gasteiger partial charge in [-0.2, -0.15) is 5.26 Å². The van der Waals surface area contributed by atoms with Crippen LogP contribution < -0.4 is 5.32 Å². The molecule has 1 amide bonds. The van der Waals surface area contributed by atoms with Crippen molar-refractivity contribution >= 4 is 38.3 Å². The number of ether oxygens (including phenoxy) is 1. The highest BCUT2D eigenvalue weighted by Gasteiger charge is 2.21. The van der Waals surface area contributed by atoms with Crippen molar-refractivity contribution in [1.29, 1.82) is 5.26 Å². The molecule has 0 radical (unpaired) electrons. The Morgan fingerprint density at radius 3 is 2.56 bits per heavy atom. The molecule has 0 fully saturated rings. The van der Waals surface area contributed by atoms with Crippen molar-refractivity contribution in [2.75, 3.05) is 11.9 Å². The molecule has 0 spiro atoms. The van der Waals surface area contributed by atoms with E-state index >= 15 is 0 Å². The molecule has 3 aromatic rings. The molecule has 6 heteroatoms. The van der Waals surface area contributed by atoms with Gasteiger partial charge >= 0.3 is 5.97 Å². The Labute approximate surface area is 148 Å². The molecule has 3 rings (SSSR count). The van der Waals surface area contributed by atoms with Crippen LogP contribution in [0.5, 0.6) is 0 Å². The minimum atomic E-state index is -0.463. The van der Waals surface area contributed by atoms with Crippen molar-refractivity contribution in [1.82, 2.24) is 0 Å². The summed E-state index contributed by atoms with van der Waals surface area (Å²) >= 11 is 1.32. The van der Waals surface area contributed by atoms with Gasteiger partial charge in [0, 0.05) is 15.6 Å². The molecule has 0 atom stereocenters. The number of thiophene rings is 1. The number of fused-ring (bicyclic) bond motifs is 1. The van der Waals surface area contributed by atoms with Crippen molar-refractivity contribution in [3.63, 3.8) is 0 Å². The normalized spacial score (nSPS) is 10.2. The second-order valence-corrected chi connectivity index (χ2v) is 6.22. The van der Waals surface area contributed by atoms with Gasteiger partial charge in [0.1, 0.15) is 10.6 Å². The van der Waals surface area contributed by atoms with Crippen LogP contribution in [0.25, 0.3) is 10.1 Å². The van der Waals surface area contributed by atoms with Gasteiger partial charge in [-0.15, -0.1) is 11.3 Å². The molecule has 25 heavy (non-hydrogen) atoms. The second kappa shape index (κ2) is 7.16. The molecule has 124 valence electrons. The number of nitrogens with zero attached hydrogens (tertiary/aromatic N) is 1. The van der Waals surface area contributed by atoms with E-state index in [4.69, 9.17) is 10.00 Å². The van der Waals surface area contributed by atoms with Gasteiger partial charge in [0.05, 0.1) is 18.2 Å². The van der Waals surface area contributed by atoms with Gasteiger partial charge in [0.25, 0.3) is 5.91 Å². The molecule has 5 nitrogen and oxygen atoms in total. The summed E-state index contributed by atoms with van der Waals surface area (Å²) in [4.78, 5) is 24.8. The van der Waals surface area contributed by atoms with E-state index in [-0.39, 0.29) is 12.5 Å². The van der Waals surface area contributed by atoms with E-state index in [0.29, 0.717) is 21.7 Å². The standard InChI is InChI=1S/C19H14N2O3S/c1-2-24-19(23)16-14-5-3-4-6-15(14)25-18(16)21-17(22)13-9-7-12(11-20)8-10-13/h3-10H,2H2,1H3,(H,21,22). The summed E-state index contributed by atoms with van der Waals surface area (Å²) in [6, 6.07) is 15.7. The average molecular weight is 350 g/mol. The van der Waals surface area contributed by atoms with E-state index in [1.165, 1.54) is 11.3 Å². The van der Waals surface area contributed by atoms with Crippen molar-refractivity contribution in [3.8, 4) is 6.07 Å². The number of carbonyl (C=O) groups excluding carboxylic acids is 2. The van der Waals surface area contributed by atoms with Crippen molar-refractivity contribution < 1.29 is 14.3 Å². The van der Waals surface area contributed by atoms with Crippen LogP contribution >= 0.6 is 11.3 Å². The first-order chi connectivity index (χ1) is 12.1. The smallest absolute Gasteiger partial charge is 0.341 e. The summed E-state index contributed by atoms with van der Waals surface area (Å²) in [5.41, 5.74) is 1.25. The predicted molar refractivity (Wildman–Crippen MR) is 96.9 cm³/mol. The van der Waals surface area contributed by atoms with Gasteiger partial charge in [0.15, 0.2) is 0 Å². The van der Waals surface area contributed by atoms with E-state index in [0.717, 1.165) is 10.1 Å². The van der Waals surface area contributed by atoms with Gasteiger partial charge in [-0.3, -0.25) is 4.79 Å². The fourth-order valence-corrected chi connectivity index (χ4v) is 3.50. The number of carbonyl (C=O) groups is 2. The number of benzene rings is 2. The summed E-state index contributed by atoms with van der Waals surface area (Å²) in [7, 11) is 0. The Balaban J connectivity index is 1.97. The van der Waals surface area contributed by atoms with Crippen LogP contribution in [-0.2, 0) is 4.74 Å². The topological polar surface area (TPSA) is 79.2 Å². The molecule has 0 aliphatic carbocycles. The summed E-state index contributed by atoms with van der Waals surface area (Å²) < 4.78 is 6.02. The molecule has 2 aromatic carbocycles. The van der Waals surface area contributed by atoms with Crippen LogP contribution in [0, 0.1) is 11.3 Å². The lowest BCUT2D eigenvalue weighted by Crippen LogP contribution is -2.14. The van der Waals surface area contributed by atoms with Crippen LogP contribution in [0.2, 0.25) is 0 Å². The minimum Gasteiger partial charge on any atom is -0.462 e. The molecule has 0 aliphatic rings. The van der Waals surface area contributed by atoms with Crippen LogP contribution in [-0.4, -0.2) is 18.5 Å². The van der Waals surface area contributed by atoms with E-state index in [2.05, 4.69) is 5.32 Å². The first-order valence-electron chi connectivity index (χ1n) is 7.64. The summed E-state index contributed by atoms with van der Waals surface area (Å²) in [5, 5.41) is 12.8. The lowest BCUT2D eigenvalue weighted by molar-refractivity contribution is 0.0530. The van der Waals surface area contributed by atoms with E-state index < -0.39 is 5.97 Å². The summed E-state index contributed by atoms with van der Waals surface area (Å²) in [5.74, 6) is -0.809. The average Bonchev–Trinajstić information content (AvgIpc) is 2.99. The van der Waals surface area contributed by atoms with Crippen molar-refractivity contribution in [2.24, 2.45) is 0 Å². The summed E-state index contributed by atoms with van der Waals surface area (Å²) in [6.07, 6.45) is 0.